The molecule has 198 valence electrons. The minimum absolute atomic E-state index is 0.0462. The molecule has 2 aliphatic heterocycles. The van der Waals surface area contributed by atoms with Crippen molar-refractivity contribution < 1.29 is 24.2 Å². The lowest BCUT2D eigenvalue weighted by atomic mass is 10.0. The van der Waals surface area contributed by atoms with Gasteiger partial charge in [0, 0.05) is 58.4 Å². The molecule has 9 heteroatoms. The molecule has 0 bridgehead atoms. The topological polar surface area (TPSA) is 83.7 Å². The molecule has 8 nitrogen and oxygen atoms in total. The third-order valence-corrected chi connectivity index (χ3v) is 8.44. The van der Waals surface area contributed by atoms with E-state index in [4.69, 9.17) is 9.47 Å². The van der Waals surface area contributed by atoms with Gasteiger partial charge < -0.3 is 23.9 Å². The first-order chi connectivity index (χ1) is 17.5. The standard InChI is InChI=1S/C28H35N3O5S/c1-17-22(26(32)33)14-21-12-20(15-31(21)25(17)18(2)29-8-10-35-11-9-29)23-13-19-6-7-30(16-24(19)37-23)27(34)36-28(3,4)5/h12-15,18H,6-11,16H2,1-5H3,(H,32,33). The first-order valence-electron chi connectivity index (χ1n) is 12.8. The second-order valence-electron chi connectivity index (χ2n) is 10.9. The highest BCUT2D eigenvalue weighted by atomic mass is 32.1. The van der Waals surface area contributed by atoms with Crippen LogP contribution >= 0.6 is 11.3 Å². The Morgan fingerprint density at radius 3 is 2.54 bits per heavy atom. The fourth-order valence-corrected chi connectivity index (χ4v) is 6.54. The molecule has 3 aromatic rings. The van der Waals surface area contributed by atoms with Gasteiger partial charge in [-0.2, -0.15) is 0 Å². The number of aromatic nitrogens is 1. The summed E-state index contributed by atoms with van der Waals surface area (Å²) in [4.78, 5) is 31.2. The van der Waals surface area contributed by atoms with Crippen molar-refractivity contribution in [3.8, 4) is 10.4 Å². The molecule has 1 unspecified atom stereocenters. The largest absolute Gasteiger partial charge is 0.478 e. The molecule has 0 spiro atoms. The van der Waals surface area contributed by atoms with Crippen LogP contribution in [-0.2, 0) is 22.4 Å². The number of aromatic carboxylic acids is 1. The van der Waals surface area contributed by atoms with Gasteiger partial charge in [0.25, 0.3) is 0 Å². The molecule has 5 heterocycles. The number of amides is 1. The number of rotatable bonds is 4. The van der Waals surface area contributed by atoms with Gasteiger partial charge in [0.05, 0.1) is 25.3 Å². The van der Waals surface area contributed by atoms with Gasteiger partial charge in [-0.15, -0.1) is 11.3 Å². The predicted molar refractivity (Wildman–Crippen MR) is 144 cm³/mol. The average Bonchev–Trinajstić information content (AvgIpc) is 3.46. The summed E-state index contributed by atoms with van der Waals surface area (Å²) >= 11 is 1.69. The third kappa shape index (κ3) is 5.12. The quantitative estimate of drug-likeness (QED) is 0.494. The smallest absolute Gasteiger partial charge is 0.410 e. The predicted octanol–water partition coefficient (Wildman–Crippen LogP) is 5.36. The number of ether oxygens (including phenoxy) is 2. The molecule has 1 atom stereocenters. The van der Waals surface area contributed by atoms with Gasteiger partial charge >= 0.3 is 12.1 Å². The van der Waals surface area contributed by atoms with Gasteiger partial charge in [0.1, 0.15) is 5.60 Å². The third-order valence-electron chi connectivity index (χ3n) is 7.23. The van der Waals surface area contributed by atoms with Gasteiger partial charge in [-0.05, 0) is 70.4 Å². The van der Waals surface area contributed by atoms with Crippen LogP contribution in [0.2, 0.25) is 0 Å². The Hall–Kier alpha value is -2.88. The number of carboxylic acid groups (broad SMARTS) is 1. The Balaban J connectivity index is 1.50. The molecular formula is C28H35N3O5S. The molecular weight excluding hydrogens is 490 g/mol. The highest BCUT2D eigenvalue weighted by Crippen LogP contribution is 2.38. The minimum atomic E-state index is -0.910. The van der Waals surface area contributed by atoms with E-state index in [1.54, 1.807) is 22.3 Å². The molecule has 1 saturated heterocycles. The SMILES string of the molecule is Cc1c(C(=O)O)cc2cc(-c3cc4c(s3)CN(C(=O)OC(C)(C)C)CC4)cn2c1C(C)N1CCOCC1. The van der Waals surface area contributed by atoms with Crippen LogP contribution in [0.25, 0.3) is 16.0 Å². The van der Waals surface area contributed by atoms with Gasteiger partial charge in [-0.1, -0.05) is 0 Å². The molecule has 0 aliphatic carbocycles. The number of fused-ring (bicyclic) bond motifs is 2. The Morgan fingerprint density at radius 2 is 1.86 bits per heavy atom. The second-order valence-corrected chi connectivity index (χ2v) is 12.1. The molecule has 37 heavy (non-hydrogen) atoms. The summed E-state index contributed by atoms with van der Waals surface area (Å²) in [6, 6.07) is 6.11. The second kappa shape index (κ2) is 9.78. The van der Waals surface area contributed by atoms with Crippen LogP contribution in [0.15, 0.2) is 24.4 Å². The summed E-state index contributed by atoms with van der Waals surface area (Å²) in [6.07, 6.45) is 2.64. The van der Waals surface area contributed by atoms with Gasteiger partial charge in [0.15, 0.2) is 0 Å². The monoisotopic (exact) mass is 525 g/mol. The van der Waals surface area contributed by atoms with Crippen molar-refractivity contribution in [2.75, 3.05) is 32.8 Å². The summed E-state index contributed by atoms with van der Waals surface area (Å²) in [5, 5.41) is 9.93. The number of nitrogens with zero attached hydrogens (tertiary/aromatic N) is 3. The fourth-order valence-electron chi connectivity index (χ4n) is 5.33. The molecule has 1 fully saturated rings. The lowest BCUT2D eigenvalue weighted by molar-refractivity contribution is 0.0187. The van der Waals surface area contributed by atoms with Crippen LogP contribution in [0.5, 0.6) is 0 Å². The zero-order valence-electron chi connectivity index (χ0n) is 22.2. The van der Waals surface area contributed by atoms with Crippen LogP contribution in [0.4, 0.5) is 4.79 Å². The zero-order chi connectivity index (χ0) is 26.5. The van der Waals surface area contributed by atoms with Crippen molar-refractivity contribution in [1.82, 2.24) is 14.2 Å². The molecule has 1 amide bonds. The zero-order valence-corrected chi connectivity index (χ0v) is 23.0. The summed E-state index contributed by atoms with van der Waals surface area (Å²) in [7, 11) is 0. The Labute approximate surface area is 221 Å². The Bertz CT molecular complexity index is 1350. The fraction of sp³-hybridized carbons (Fsp3) is 0.500. The molecule has 2 aliphatic rings. The summed E-state index contributed by atoms with van der Waals surface area (Å²) < 4.78 is 13.3. The van der Waals surface area contributed by atoms with Crippen LogP contribution in [0, 0.1) is 6.92 Å². The van der Waals surface area contributed by atoms with Crippen molar-refractivity contribution in [2.24, 2.45) is 0 Å². The molecule has 3 aromatic heterocycles. The van der Waals surface area contributed by atoms with Crippen LogP contribution in [-0.4, -0.2) is 69.8 Å². The minimum Gasteiger partial charge on any atom is -0.478 e. The van der Waals surface area contributed by atoms with Crippen LogP contribution in [0.1, 0.15) is 65.8 Å². The average molecular weight is 526 g/mol. The van der Waals surface area contributed by atoms with Crippen LogP contribution in [0.3, 0.4) is 0 Å². The summed E-state index contributed by atoms with van der Waals surface area (Å²) in [6.45, 7) is 13.9. The van der Waals surface area contributed by atoms with E-state index in [0.717, 1.165) is 46.7 Å². The van der Waals surface area contributed by atoms with Crippen molar-refractivity contribution in [3.05, 3.63) is 51.7 Å². The molecule has 0 saturated carbocycles. The molecule has 1 N–H and O–H groups in total. The van der Waals surface area contributed by atoms with E-state index in [1.807, 2.05) is 27.7 Å². The Kier molecular flexibility index (Phi) is 6.81. The molecule has 0 radical (unpaired) electrons. The van der Waals surface area contributed by atoms with E-state index < -0.39 is 11.6 Å². The number of hydrogen-bond acceptors (Lipinski definition) is 6. The number of carboxylic acids is 1. The van der Waals surface area contributed by atoms with E-state index in [2.05, 4.69) is 34.6 Å². The van der Waals surface area contributed by atoms with E-state index in [9.17, 15) is 14.7 Å². The lowest BCUT2D eigenvalue weighted by Gasteiger charge is -2.33. The van der Waals surface area contributed by atoms with E-state index in [1.165, 1.54) is 10.4 Å². The Morgan fingerprint density at radius 1 is 1.14 bits per heavy atom. The van der Waals surface area contributed by atoms with Crippen molar-refractivity contribution in [1.29, 1.82) is 0 Å². The number of morpholine rings is 1. The number of pyridine rings is 1. The highest BCUT2D eigenvalue weighted by Gasteiger charge is 2.29. The maximum atomic E-state index is 12.6. The maximum Gasteiger partial charge on any atom is 0.410 e. The molecule has 5 rings (SSSR count). The number of hydrogen-bond donors (Lipinski definition) is 1. The number of carbonyl (C=O) groups excluding carboxylic acids is 1. The van der Waals surface area contributed by atoms with E-state index in [0.29, 0.717) is 31.9 Å². The van der Waals surface area contributed by atoms with E-state index in [-0.39, 0.29) is 12.1 Å². The number of thiophene rings is 1. The highest BCUT2D eigenvalue weighted by molar-refractivity contribution is 7.15. The first-order valence-corrected chi connectivity index (χ1v) is 13.6. The van der Waals surface area contributed by atoms with Gasteiger partial charge in [0.2, 0.25) is 0 Å². The van der Waals surface area contributed by atoms with Crippen LogP contribution < -0.4 is 0 Å². The normalized spacial score (nSPS) is 17.6. The van der Waals surface area contributed by atoms with Crippen molar-refractivity contribution in [3.63, 3.8) is 0 Å². The molecule has 0 aromatic carbocycles. The lowest BCUT2D eigenvalue weighted by Crippen LogP contribution is -2.39. The van der Waals surface area contributed by atoms with Crippen molar-refractivity contribution >= 4 is 28.9 Å². The first kappa shape index (κ1) is 25.8. The summed E-state index contributed by atoms with van der Waals surface area (Å²) in [5.74, 6) is -0.910. The van der Waals surface area contributed by atoms with Crippen molar-refractivity contribution in [2.45, 2.75) is 59.2 Å². The van der Waals surface area contributed by atoms with Gasteiger partial charge in [-0.3, -0.25) is 4.90 Å². The summed E-state index contributed by atoms with van der Waals surface area (Å²) in [5.41, 5.74) is 4.80. The van der Waals surface area contributed by atoms with Gasteiger partial charge in [-0.25, -0.2) is 9.59 Å². The maximum absolute atomic E-state index is 12.6. The van der Waals surface area contributed by atoms with E-state index >= 15 is 0 Å². The number of carbonyl (C=O) groups is 2.